The molecule has 146 valence electrons. The Bertz CT molecular complexity index is 893. The molecule has 0 N–H and O–H groups in total. The number of piperidine rings is 1. The van der Waals surface area contributed by atoms with Crippen molar-refractivity contribution in [1.82, 2.24) is 24.6 Å². The second kappa shape index (κ2) is 7.04. The molecular formula is C21H25N5O2. The maximum atomic E-state index is 13.2. The number of rotatable bonds is 3. The lowest BCUT2D eigenvalue weighted by Crippen LogP contribution is -2.47. The summed E-state index contributed by atoms with van der Waals surface area (Å²) in [5.74, 6) is 1.34. The van der Waals surface area contributed by atoms with Gasteiger partial charge in [0, 0.05) is 38.6 Å². The lowest BCUT2D eigenvalue weighted by atomic mass is 9.93. The molecule has 3 fully saturated rings. The smallest absolute Gasteiger partial charge is 0.291 e. The number of aromatic nitrogens is 3. The third-order valence-corrected chi connectivity index (χ3v) is 6.33. The quantitative estimate of drug-likeness (QED) is 0.816. The number of carbonyl (C=O) groups is 2. The molecule has 0 spiro atoms. The Kier molecular flexibility index (Phi) is 4.37. The van der Waals surface area contributed by atoms with E-state index < -0.39 is 0 Å². The highest BCUT2D eigenvalue weighted by atomic mass is 16.2. The first-order chi connectivity index (χ1) is 13.7. The third-order valence-electron chi connectivity index (χ3n) is 6.33. The number of fused-ring (bicyclic) bond motifs is 5. The van der Waals surface area contributed by atoms with Gasteiger partial charge in [0.15, 0.2) is 0 Å². The number of hydrogen-bond donors (Lipinski definition) is 0. The summed E-state index contributed by atoms with van der Waals surface area (Å²) in [5, 5.41) is 8.43. The van der Waals surface area contributed by atoms with Crippen molar-refractivity contribution >= 4 is 11.8 Å². The maximum absolute atomic E-state index is 13.2. The summed E-state index contributed by atoms with van der Waals surface area (Å²) in [6.45, 7) is 2.49. The molecule has 0 radical (unpaired) electrons. The zero-order chi connectivity index (χ0) is 19.1. The molecule has 3 saturated heterocycles. The van der Waals surface area contributed by atoms with Crippen molar-refractivity contribution in [2.75, 3.05) is 13.1 Å². The van der Waals surface area contributed by atoms with Gasteiger partial charge in [0.25, 0.3) is 5.91 Å². The SMILES string of the molecule is O=C(c1nnc2n1CCCC2)N1C[C@@H]2CC[C@H](C1)N(Cc1ccccc1)C2=O. The number of aryl methyl sites for hydroxylation is 1. The van der Waals surface area contributed by atoms with Crippen LogP contribution in [0, 0.1) is 5.92 Å². The molecule has 2 aromatic rings. The summed E-state index contributed by atoms with van der Waals surface area (Å²) in [6, 6.07) is 10.2. The van der Waals surface area contributed by atoms with Crippen molar-refractivity contribution in [2.24, 2.45) is 5.92 Å². The average Bonchev–Trinajstić information content (AvgIpc) is 2.97. The van der Waals surface area contributed by atoms with E-state index in [1.807, 2.05) is 32.6 Å². The van der Waals surface area contributed by atoms with Crippen LogP contribution in [0.2, 0.25) is 0 Å². The van der Waals surface area contributed by atoms with Crippen molar-refractivity contribution in [2.45, 2.75) is 51.2 Å². The number of amides is 2. The summed E-state index contributed by atoms with van der Waals surface area (Å²) in [7, 11) is 0. The fourth-order valence-corrected chi connectivity index (χ4v) is 4.80. The molecule has 2 bridgehead atoms. The van der Waals surface area contributed by atoms with Crippen molar-refractivity contribution in [3.8, 4) is 0 Å². The summed E-state index contributed by atoms with van der Waals surface area (Å²) in [5.41, 5.74) is 1.13. The van der Waals surface area contributed by atoms with Gasteiger partial charge in [0.05, 0.1) is 5.92 Å². The zero-order valence-electron chi connectivity index (χ0n) is 16.0. The van der Waals surface area contributed by atoms with E-state index in [0.29, 0.717) is 25.5 Å². The first kappa shape index (κ1) is 17.4. The topological polar surface area (TPSA) is 71.3 Å². The van der Waals surface area contributed by atoms with Gasteiger partial charge in [-0.05, 0) is 31.2 Å². The molecule has 2 atom stereocenters. The van der Waals surface area contributed by atoms with Gasteiger partial charge >= 0.3 is 0 Å². The van der Waals surface area contributed by atoms with E-state index in [2.05, 4.69) is 22.3 Å². The minimum atomic E-state index is -0.116. The Morgan fingerprint density at radius 2 is 1.93 bits per heavy atom. The lowest BCUT2D eigenvalue weighted by Gasteiger charge is -2.36. The Hall–Kier alpha value is -2.70. The van der Waals surface area contributed by atoms with Gasteiger partial charge in [-0.25, -0.2) is 0 Å². The van der Waals surface area contributed by atoms with Gasteiger partial charge in [-0.2, -0.15) is 0 Å². The molecule has 4 aliphatic heterocycles. The van der Waals surface area contributed by atoms with E-state index in [-0.39, 0.29) is 23.8 Å². The van der Waals surface area contributed by atoms with E-state index in [0.717, 1.165) is 50.0 Å². The molecule has 7 nitrogen and oxygen atoms in total. The van der Waals surface area contributed by atoms with Crippen LogP contribution in [0.3, 0.4) is 0 Å². The highest BCUT2D eigenvalue weighted by Crippen LogP contribution is 2.31. The molecule has 1 aromatic carbocycles. The number of hydrogen-bond acceptors (Lipinski definition) is 4. The Morgan fingerprint density at radius 3 is 2.79 bits per heavy atom. The van der Waals surface area contributed by atoms with Crippen LogP contribution in [0.5, 0.6) is 0 Å². The van der Waals surface area contributed by atoms with Crippen molar-refractivity contribution in [3.05, 3.63) is 47.5 Å². The molecule has 0 unspecified atom stereocenters. The van der Waals surface area contributed by atoms with Gasteiger partial charge in [-0.3, -0.25) is 9.59 Å². The van der Waals surface area contributed by atoms with Crippen LogP contribution >= 0.6 is 0 Å². The standard InChI is InChI=1S/C21H25N5O2/c27-20-16-9-10-17(26(20)12-15-6-2-1-3-7-15)14-24(13-16)21(28)19-23-22-18-8-4-5-11-25(18)19/h1-3,6-7,16-17H,4-5,8-14H2/t16-,17+/m0/s1. The van der Waals surface area contributed by atoms with Gasteiger partial charge < -0.3 is 14.4 Å². The minimum Gasteiger partial charge on any atom is -0.333 e. The molecule has 7 heteroatoms. The lowest BCUT2D eigenvalue weighted by molar-refractivity contribution is -0.140. The summed E-state index contributed by atoms with van der Waals surface area (Å²) >= 11 is 0. The van der Waals surface area contributed by atoms with Crippen LogP contribution in [0.25, 0.3) is 0 Å². The average molecular weight is 379 g/mol. The Labute approximate surface area is 164 Å². The van der Waals surface area contributed by atoms with Crippen LogP contribution in [0.1, 0.15) is 47.7 Å². The molecule has 5 heterocycles. The third kappa shape index (κ3) is 2.99. The minimum absolute atomic E-state index is 0.0687. The van der Waals surface area contributed by atoms with Gasteiger partial charge in [-0.1, -0.05) is 30.3 Å². The molecule has 2 amide bonds. The maximum Gasteiger partial charge on any atom is 0.291 e. The van der Waals surface area contributed by atoms with Crippen LogP contribution < -0.4 is 0 Å². The van der Waals surface area contributed by atoms with Crippen LogP contribution in [0.15, 0.2) is 30.3 Å². The van der Waals surface area contributed by atoms with E-state index in [1.54, 1.807) is 0 Å². The first-order valence-corrected chi connectivity index (χ1v) is 10.3. The molecule has 6 rings (SSSR count). The second-order valence-electron chi connectivity index (χ2n) is 8.14. The highest BCUT2D eigenvalue weighted by Gasteiger charge is 2.42. The summed E-state index contributed by atoms with van der Waals surface area (Å²) in [4.78, 5) is 30.1. The monoisotopic (exact) mass is 379 g/mol. The summed E-state index contributed by atoms with van der Waals surface area (Å²) < 4.78 is 1.97. The molecule has 0 aliphatic carbocycles. The number of benzene rings is 1. The van der Waals surface area contributed by atoms with Crippen LogP contribution in [0.4, 0.5) is 0 Å². The Morgan fingerprint density at radius 1 is 1.07 bits per heavy atom. The predicted octanol–water partition coefficient (Wildman–Crippen LogP) is 1.88. The number of carbonyl (C=O) groups excluding carboxylic acids is 2. The zero-order valence-corrected chi connectivity index (χ0v) is 16.0. The number of nitrogens with zero attached hydrogens (tertiary/aromatic N) is 5. The largest absolute Gasteiger partial charge is 0.333 e. The molecule has 1 aromatic heterocycles. The van der Waals surface area contributed by atoms with Crippen LogP contribution in [-0.2, 0) is 24.3 Å². The van der Waals surface area contributed by atoms with E-state index in [9.17, 15) is 9.59 Å². The fourth-order valence-electron chi connectivity index (χ4n) is 4.80. The summed E-state index contributed by atoms with van der Waals surface area (Å²) in [6.07, 6.45) is 4.85. The first-order valence-electron chi connectivity index (χ1n) is 10.3. The normalized spacial score (nSPS) is 24.2. The van der Waals surface area contributed by atoms with Crippen molar-refractivity contribution in [1.29, 1.82) is 0 Å². The Balaban J connectivity index is 1.38. The van der Waals surface area contributed by atoms with Gasteiger partial charge in [-0.15, -0.1) is 10.2 Å². The molecule has 0 saturated carbocycles. The van der Waals surface area contributed by atoms with Crippen molar-refractivity contribution in [3.63, 3.8) is 0 Å². The predicted molar refractivity (Wildman–Crippen MR) is 102 cm³/mol. The van der Waals surface area contributed by atoms with Crippen LogP contribution in [-0.4, -0.2) is 55.5 Å². The molecule has 28 heavy (non-hydrogen) atoms. The van der Waals surface area contributed by atoms with E-state index >= 15 is 0 Å². The second-order valence-corrected chi connectivity index (χ2v) is 8.14. The van der Waals surface area contributed by atoms with E-state index in [4.69, 9.17) is 0 Å². The van der Waals surface area contributed by atoms with Gasteiger partial charge in [0.2, 0.25) is 11.7 Å². The van der Waals surface area contributed by atoms with Crippen molar-refractivity contribution < 1.29 is 9.59 Å². The van der Waals surface area contributed by atoms with E-state index in [1.165, 1.54) is 0 Å². The molecular weight excluding hydrogens is 354 g/mol. The molecule has 4 aliphatic rings. The van der Waals surface area contributed by atoms with Gasteiger partial charge in [0.1, 0.15) is 5.82 Å². The highest BCUT2D eigenvalue weighted by molar-refractivity contribution is 5.92. The fraction of sp³-hybridized carbons (Fsp3) is 0.524.